The van der Waals surface area contributed by atoms with E-state index in [-0.39, 0.29) is 5.91 Å². The summed E-state index contributed by atoms with van der Waals surface area (Å²) in [5.41, 5.74) is 1.18. The number of likely N-dealkylation sites (tertiary alicyclic amines) is 1. The van der Waals surface area contributed by atoms with E-state index in [0.717, 1.165) is 45.3 Å². The smallest absolute Gasteiger partial charge is 0.227 e. The van der Waals surface area contributed by atoms with Crippen molar-refractivity contribution in [2.75, 3.05) is 32.6 Å². The Hall–Kier alpha value is -0.800. The van der Waals surface area contributed by atoms with E-state index in [4.69, 9.17) is 11.6 Å². The van der Waals surface area contributed by atoms with Gasteiger partial charge in [-0.1, -0.05) is 18.2 Å². The van der Waals surface area contributed by atoms with Crippen molar-refractivity contribution in [3.05, 3.63) is 23.8 Å². The molecular weight excluding hydrogens is 284 g/mol. The molecule has 1 unspecified atom stereocenters. The Kier molecular flexibility index (Phi) is 6.78. The van der Waals surface area contributed by atoms with Crippen LogP contribution in [0, 0.1) is 0 Å². The lowest BCUT2D eigenvalue weighted by atomic mass is 9.99. The van der Waals surface area contributed by atoms with Gasteiger partial charge in [0.1, 0.15) is 0 Å². The second kappa shape index (κ2) is 8.60. The number of nitrogens with zero attached hydrogens (tertiary/aromatic N) is 2. The molecule has 1 fully saturated rings. The Balaban J connectivity index is 1.92. The molecule has 0 aromatic carbocycles. The number of amides is 1. The van der Waals surface area contributed by atoms with Gasteiger partial charge in [0.05, 0.1) is 6.42 Å². The second-order valence-corrected chi connectivity index (χ2v) is 6.50. The number of rotatable bonds is 6. The Morgan fingerprint density at radius 1 is 1.43 bits per heavy atom. The molecule has 4 heteroatoms. The van der Waals surface area contributed by atoms with Gasteiger partial charge >= 0.3 is 0 Å². The number of halogens is 1. The summed E-state index contributed by atoms with van der Waals surface area (Å²) >= 11 is 5.80. The third-order valence-electron chi connectivity index (χ3n) is 4.36. The van der Waals surface area contributed by atoms with E-state index in [1.807, 2.05) is 0 Å². The van der Waals surface area contributed by atoms with Crippen LogP contribution in [0.2, 0.25) is 0 Å². The zero-order valence-electron chi connectivity index (χ0n) is 13.1. The summed E-state index contributed by atoms with van der Waals surface area (Å²) in [4.78, 5) is 17.0. The Labute approximate surface area is 133 Å². The molecule has 0 N–H and O–H groups in total. The van der Waals surface area contributed by atoms with E-state index in [9.17, 15) is 4.79 Å². The number of hydrogen-bond donors (Lipinski definition) is 0. The number of likely N-dealkylation sites (N-methyl/N-ethyl adjacent to an activating group) is 1. The molecule has 0 bridgehead atoms. The van der Waals surface area contributed by atoms with Gasteiger partial charge in [-0.05, 0) is 44.7 Å². The van der Waals surface area contributed by atoms with E-state index in [1.54, 1.807) is 0 Å². The quantitative estimate of drug-likeness (QED) is 0.703. The van der Waals surface area contributed by atoms with Gasteiger partial charge in [0, 0.05) is 31.6 Å². The average Bonchev–Trinajstić information content (AvgIpc) is 2.49. The Morgan fingerprint density at radius 2 is 2.29 bits per heavy atom. The van der Waals surface area contributed by atoms with Gasteiger partial charge < -0.3 is 9.80 Å². The molecule has 2 aliphatic rings. The van der Waals surface area contributed by atoms with Crippen LogP contribution in [0.3, 0.4) is 0 Å². The lowest BCUT2D eigenvalue weighted by Crippen LogP contribution is -2.49. The molecule has 0 aromatic rings. The van der Waals surface area contributed by atoms with Crippen LogP contribution in [-0.4, -0.2) is 54.3 Å². The first-order valence-corrected chi connectivity index (χ1v) is 8.63. The predicted molar refractivity (Wildman–Crippen MR) is 88.6 cm³/mol. The molecule has 1 amide bonds. The number of allylic oxidation sites excluding steroid dienone is 3. The van der Waals surface area contributed by atoms with Crippen LogP contribution < -0.4 is 0 Å². The third kappa shape index (κ3) is 5.15. The number of alkyl halides is 1. The predicted octanol–water partition coefficient (Wildman–Crippen LogP) is 3.20. The number of piperidine rings is 1. The monoisotopic (exact) mass is 310 g/mol. The summed E-state index contributed by atoms with van der Waals surface area (Å²) in [6.45, 7) is 2.73. The summed E-state index contributed by atoms with van der Waals surface area (Å²) in [5, 5.41) is 0. The maximum atomic E-state index is 12.6. The molecule has 1 saturated heterocycles. The standard InChI is InChI=1S/C17H27ClN2O/c1-19(12-10-18)14-16-9-5-6-11-20(16)17(21)13-15-7-3-2-4-8-15/h3,7-8,16H,2,4-6,9-14H2,1H3. The van der Waals surface area contributed by atoms with Crippen LogP contribution in [0.5, 0.6) is 0 Å². The van der Waals surface area contributed by atoms with Crippen molar-refractivity contribution < 1.29 is 4.79 Å². The summed E-state index contributed by atoms with van der Waals surface area (Å²) in [6, 6.07) is 0.354. The van der Waals surface area contributed by atoms with Gasteiger partial charge in [-0.25, -0.2) is 0 Å². The van der Waals surface area contributed by atoms with Crippen LogP contribution in [0.1, 0.15) is 38.5 Å². The summed E-state index contributed by atoms with van der Waals surface area (Å²) in [7, 11) is 2.09. The van der Waals surface area contributed by atoms with Gasteiger partial charge in [-0.15, -0.1) is 11.6 Å². The van der Waals surface area contributed by atoms with Crippen molar-refractivity contribution in [1.82, 2.24) is 9.80 Å². The fourth-order valence-corrected chi connectivity index (χ4v) is 3.48. The highest BCUT2D eigenvalue weighted by molar-refractivity contribution is 6.18. The molecule has 3 nitrogen and oxygen atoms in total. The highest BCUT2D eigenvalue weighted by Gasteiger charge is 2.27. The van der Waals surface area contributed by atoms with Crippen LogP contribution in [0.15, 0.2) is 23.8 Å². The fraction of sp³-hybridized carbons (Fsp3) is 0.706. The van der Waals surface area contributed by atoms with Crippen molar-refractivity contribution >= 4 is 17.5 Å². The van der Waals surface area contributed by atoms with E-state index >= 15 is 0 Å². The Morgan fingerprint density at radius 3 is 3.00 bits per heavy atom. The van der Waals surface area contributed by atoms with Crippen molar-refractivity contribution in [2.45, 2.75) is 44.6 Å². The number of hydrogen-bond acceptors (Lipinski definition) is 2. The highest BCUT2D eigenvalue weighted by atomic mass is 35.5. The van der Waals surface area contributed by atoms with Gasteiger partial charge in [-0.3, -0.25) is 4.79 Å². The molecule has 21 heavy (non-hydrogen) atoms. The number of carbonyl (C=O) groups excluding carboxylic acids is 1. The van der Waals surface area contributed by atoms with Gasteiger partial charge in [0.25, 0.3) is 0 Å². The molecule has 1 atom stereocenters. The molecule has 1 heterocycles. The topological polar surface area (TPSA) is 23.6 Å². The first kappa shape index (κ1) is 16.6. The molecule has 1 aliphatic heterocycles. The maximum absolute atomic E-state index is 12.6. The van der Waals surface area contributed by atoms with Crippen molar-refractivity contribution in [1.29, 1.82) is 0 Å². The maximum Gasteiger partial charge on any atom is 0.227 e. The molecule has 0 spiro atoms. The largest absolute Gasteiger partial charge is 0.338 e. The molecule has 118 valence electrons. The first-order valence-electron chi connectivity index (χ1n) is 8.10. The first-order chi connectivity index (χ1) is 10.2. The summed E-state index contributed by atoms with van der Waals surface area (Å²) in [5.74, 6) is 0.936. The lowest BCUT2D eigenvalue weighted by Gasteiger charge is -2.38. The van der Waals surface area contributed by atoms with Gasteiger partial charge in [0.2, 0.25) is 5.91 Å². The van der Waals surface area contributed by atoms with Crippen LogP contribution >= 0.6 is 11.6 Å². The van der Waals surface area contributed by atoms with E-state index in [2.05, 4.69) is 35.1 Å². The van der Waals surface area contributed by atoms with Crippen molar-refractivity contribution in [2.24, 2.45) is 0 Å². The highest BCUT2D eigenvalue weighted by Crippen LogP contribution is 2.21. The fourth-order valence-electron chi connectivity index (χ4n) is 3.19. The zero-order valence-corrected chi connectivity index (χ0v) is 13.8. The minimum absolute atomic E-state index is 0.289. The van der Waals surface area contributed by atoms with Crippen LogP contribution in [-0.2, 0) is 4.79 Å². The minimum atomic E-state index is 0.289. The Bertz CT molecular complexity index is 406. The van der Waals surface area contributed by atoms with Crippen LogP contribution in [0.4, 0.5) is 0 Å². The molecule has 0 radical (unpaired) electrons. The van der Waals surface area contributed by atoms with E-state index in [1.165, 1.54) is 12.0 Å². The van der Waals surface area contributed by atoms with Gasteiger partial charge in [-0.2, -0.15) is 0 Å². The molecule has 1 aliphatic carbocycles. The molecular formula is C17H27ClN2O. The van der Waals surface area contributed by atoms with Crippen LogP contribution in [0.25, 0.3) is 0 Å². The lowest BCUT2D eigenvalue weighted by molar-refractivity contribution is -0.134. The van der Waals surface area contributed by atoms with Crippen molar-refractivity contribution in [3.63, 3.8) is 0 Å². The SMILES string of the molecule is CN(CCCl)CC1CCCCN1C(=O)CC1=CCCC=C1. The molecule has 0 aromatic heterocycles. The normalized spacial score (nSPS) is 22.5. The zero-order chi connectivity index (χ0) is 15.1. The third-order valence-corrected chi connectivity index (χ3v) is 4.53. The minimum Gasteiger partial charge on any atom is -0.338 e. The second-order valence-electron chi connectivity index (χ2n) is 6.12. The molecule has 0 saturated carbocycles. The summed E-state index contributed by atoms with van der Waals surface area (Å²) < 4.78 is 0. The number of carbonyl (C=O) groups is 1. The van der Waals surface area contributed by atoms with Gasteiger partial charge in [0.15, 0.2) is 0 Å². The average molecular weight is 311 g/mol. The molecule has 2 rings (SSSR count). The summed E-state index contributed by atoms with van der Waals surface area (Å²) in [6.07, 6.45) is 12.7. The van der Waals surface area contributed by atoms with E-state index < -0.39 is 0 Å². The van der Waals surface area contributed by atoms with Crippen molar-refractivity contribution in [3.8, 4) is 0 Å². The van der Waals surface area contributed by atoms with E-state index in [0.29, 0.717) is 18.3 Å².